The Kier molecular flexibility index (Phi) is 8.13. The Balaban J connectivity index is 1.28. The van der Waals surface area contributed by atoms with Crippen molar-refractivity contribution in [1.82, 2.24) is 29.5 Å². The van der Waals surface area contributed by atoms with Gasteiger partial charge >= 0.3 is 0 Å². The topological polar surface area (TPSA) is 128 Å². The minimum absolute atomic E-state index is 0.125. The first kappa shape index (κ1) is 29.1. The fourth-order valence-corrected chi connectivity index (χ4v) is 5.22. The molecule has 14 heteroatoms. The smallest absolute Gasteiger partial charge is 0.284 e. The number of halogens is 2. The molecule has 0 spiro atoms. The standard InChI is InChI=1S/C30H28ClFN8O4/c1-39-7-4-5-17(39)9-21(32)30(41)38-23-11-19-22(13-26(23)42-2)33-15-35-29(19)37-24-12-20(31)25(14-27(24)43-3)44-18-6-8-40-28(10-18)34-16-36-40/h6,8-17H,4-5,7H2,1-3H3,(H,38,41)(H,33,35,37)/b21-9+/t17-/m1/s1. The predicted octanol–water partition coefficient (Wildman–Crippen LogP) is 5.77. The zero-order chi connectivity index (χ0) is 30.8. The maximum Gasteiger partial charge on any atom is 0.284 e. The Morgan fingerprint density at radius 1 is 1.05 bits per heavy atom. The van der Waals surface area contributed by atoms with Crippen LogP contribution in [0, 0.1) is 0 Å². The fourth-order valence-electron chi connectivity index (χ4n) is 5.02. The maximum atomic E-state index is 14.9. The van der Waals surface area contributed by atoms with Crippen molar-refractivity contribution in [1.29, 1.82) is 0 Å². The molecule has 0 unspecified atom stereocenters. The van der Waals surface area contributed by atoms with Gasteiger partial charge in [-0.15, -0.1) is 0 Å². The van der Waals surface area contributed by atoms with Gasteiger partial charge in [-0.05, 0) is 50.7 Å². The number of amides is 1. The van der Waals surface area contributed by atoms with E-state index >= 15 is 0 Å². The molecular formula is C30H28ClFN8O4. The van der Waals surface area contributed by atoms with Gasteiger partial charge in [0.25, 0.3) is 5.91 Å². The van der Waals surface area contributed by atoms with E-state index in [0.29, 0.717) is 56.1 Å². The van der Waals surface area contributed by atoms with Gasteiger partial charge in [0.2, 0.25) is 0 Å². The lowest BCUT2D eigenvalue weighted by atomic mass is 10.1. The normalized spacial score (nSPS) is 15.5. The summed E-state index contributed by atoms with van der Waals surface area (Å²) < 4.78 is 33.6. The minimum atomic E-state index is -0.874. The van der Waals surface area contributed by atoms with Gasteiger partial charge in [0, 0.05) is 35.8 Å². The Morgan fingerprint density at radius 2 is 1.86 bits per heavy atom. The van der Waals surface area contributed by atoms with E-state index in [2.05, 4.69) is 30.7 Å². The largest absolute Gasteiger partial charge is 0.494 e. The van der Waals surface area contributed by atoms with E-state index in [1.165, 1.54) is 33.0 Å². The van der Waals surface area contributed by atoms with E-state index in [9.17, 15) is 9.18 Å². The van der Waals surface area contributed by atoms with Gasteiger partial charge in [-0.1, -0.05) is 11.6 Å². The molecule has 2 N–H and O–H groups in total. The third-order valence-corrected chi connectivity index (χ3v) is 7.62. The van der Waals surface area contributed by atoms with Gasteiger partial charge in [-0.3, -0.25) is 9.69 Å². The summed E-state index contributed by atoms with van der Waals surface area (Å²) in [6, 6.07) is 9.89. The van der Waals surface area contributed by atoms with E-state index in [1.54, 1.807) is 47.1 Å². The SMILES string of the molecule is COc1cc2ncnc(Nc3cc(Cl)c(Oc4ccn5ncnc5c4)cc3OC)c2cc1NC(=O)/C(F)=C\[C@H]1CCCN1C. The van der Waals surface area contributed by atoms with Crippen molar-refractivity contribution in [3.05, 3.63) is 72.2 Å². The number of methoxy groups -OCH3 is 2. The van der Waals surface area contributed by atoms with Crippen molar-refractivity contribution >= 4 is 51.3 Å². The van der Waals surface area contributed by atoms with E-state index < -0.39 is 11.7 Å². The van der Waals surface area contributed by atoms with Gasteiger partial charge in [0.05, 0.1) is 36.1 Å². The van der Waals surface area contributed by atoms with E-state index in [4.69, 9.17) is 25.8 Å². The average Bonchev–Trinajstić information content (AvgIpc) is 3.66. The number of likely N-dealkylation sites (N-methyl/N-ethyl adjacent to an activating group) is 1. The molecule has 1 aliphatic rings. The zero-order valence-electron chi connectivity index (χ0n) is 24.0. The van der Waals surface area contributed by atoms with Crippen LogP contribution in [0.5, 0.6) is 23.0 Å². The van der Waals surface area contributed by atoms with Crippen LogP contribution in [0.3, 0.4) is 0 Å². The molecule has 226 valence electrons. The zero-order valence-corrected chi connectivity index (χ0v) is 24.8. The second-order valence-corrected chi connectivity index (χ2v) is 10.5. The molecule has 12 nitrogen and oxygen atoms in total. The lowest BCUT2D eigenvalue weighted by Crippen LogP contribution is -2.24. The monoisotopic (exact) mass is 618 g/mol. The van der Waals surface area contributed by atoms with Gasteiger partial charge in [-0.25, -0.2) is 23.9 Å². The highest BCUT2D eigenvalue weighted by molar-refractivity contribution is 6.32. The first-order valence-corrected chi connectivity index (χ1v) is 14.0. The molecule has 1 amide bonds. The second-order valence-electron chi connectivity index (χ2n) is 10.1. The molecule has 1 aliphatic heterocycles. The Hall–Kier alpha value is -5.01. The van der Waals surface area contributed by atoms with Crippen LogP contribution in [0.4, 0.5) is 21.6 Å². The molecule has 1 fully saturated rings. The van der Waals surface area contributed by atoms with Crippen molar-refractivity contribution in [2.24, 2.45) is 0 Å². The van der Waals surface area contributed by atoms with Crippen molar-refractivity contribution in [3.8, 4) is 23.0 Å². The summed E-state index contributed by atoms with van der Waals surface area (Å²) in [4.78, 5) is 27.7. The van der Waals surface area contributed by atoms with Crippen LogP contribution < -0.4 is 24.8 Å². The van der Waals surface area contributed by atoms with Crippen LogP contribution in [0.2, 0.25) is 5.02 Å². The molecule has 5 aromatic rings. The van der Waals surface area contributed by atoms with E-state index in [-0.39, 0.29) is 11.7 Å². The molecule has 0 radical (unpaired) electrons. The van der Waals surface area contributed by atoms with Crippen LogP contribution >= 0.6 is 11.6 Å². The van der Waals surface area contributed by atoms with Gasteiger partial charge in [0.1, 0.15) is 41.5 Å². The Morgan fingerprint density at radius 3 is 2.64 bits per heavy atom. The number of hydrogen-bond acceptors (Lipinski definition) is 10. The molecule has 0 bridgehead atoms. The highest BCUT2D eigenvalue weighted by atomic mass is 35.5. The van der Waals surface area contributed by atoms with Gasteiger partial charge in [-0.2, -0.15) is 5.10 Å². The predicted molar refractivity (Wildman–Crippen MR) is 164 cm³/mol. The number of ether oxygens (including phenoxy) is 3. The molecule has 3 aromatic heterocycles. The highest BCUT2D eigenvalue weighted by Gasteiger charge is 2.22. The molecule has 44 heavy (non-hydrogen) atoms. The first-order valence-electron chi connectivity index (χ1n) is 13.7. The number of likely N-dealkylation sites (tertiary alicyclic amines) is 1. The third kappa shape index (κ3) is 5.92. The number of anilines is 3. The van der Waals surface area contributed by atoms with Crippen molar-refractivity contribution in [2.75, 3.05) is 38.4 Å². The highest BCUT2D eigenvalue weighted by Crippen LogP contribution is 2.41. The molecule has 6 rings (SSSR count). The Bertz CT molecular complexity index is 1900. The van der Waals surface area contributed by atoms with Crippen LogP contribution in [-0.2, 0) is 4.79 Å². The van der Waals surface area contributed by atoms with Crippen LogP contribution in [0.25, 0.3) is 16.6 Å². The van der Waals surface area contributed by atoms with Crippen LogP contribution in [0.15, 0.2) is 67.2 Å². The average molecular weight is 619 g/mol. The second kappa shape index (κ2) is 12.3. The summed E-state index contributed by atoms with van der Waals surface area (Å²) in [5, 5.41) is 10.8. The molecule has 0 saturated carbocycles. The van der Waals surface area contributed by atoms with Crippen molar-refractivity contribution in [3.63, 3.8) is 0 Å². The number of nitrogens with zero attached hydrogens (tertiary/aromatic N) is 6. The summed E-state index contributed by atoms with van der Waals surface area (Å²) >= 11 is 6.62. The Labute approximate surface area is 256 Å². The molecule has 1 atom stereocenters. The summed E-state index contributed by atoms with van der Waals surface area (Å²) in [5.74, 6) is 0.259. The number of carbonyl (C=O) groups excluding carboxylic acids is 1. The lowest BCUT2D eigenvalue weighted by Gasteiger charge is -2.17. The van der Waals surface area contributed by atoms with Gasteiger partial charge < -0.3 is 24.8 Å². The van der Waals surface area contributed by atoms with Crippen LogP contribution in [0.1, 0.15) is 12.8 Å². The van der Waals surface area contributed by atoms with E-state index in [0.717, 1.165) is 19.4 Å². The first-order chi connectivity index (χ1) is 21.3. The molecular weight excluding hydrogens is 591 g/mol. The number of carbonyl (C=O) groups is 1. The lowest BCUT2D eigenvalue weighted by molar-refractivity contribution is -0.114. The number of aromatic nitrogens is 5. The summed E-state index contributed by atoms with van der Waals surface area (Å²) in [6.45, 7) is 0.858. The van der Waals surface area contributed by atoms with Crippen LogP contribution in [-0.4, -0.2) is 69.2 Å². The van der Waals surface area contributed by atoms with E-state index in [1.807, 2.05) is 11.9 Å². The summed E-state index contributed by atoms with van der Waals surface area (Å²) in [6.07, 6.45) is 7.65. The molecule has 0 aliphatic carbocycles. The number of rotatable bonds is 9. The molecule has 4 heterocycles. The number of hydrogen-bond donors (Lipinski definition) is 2. The fraction of sp³-hybridized carbons (Fsp3) is 0.233. The van der Waals surface area contributed by atoms with Crippen molar-refractivity contribution < 1.29 is 23.4 Å². The number of benzene rings is 2. The summed E-state index contributed by atoms with van der Waals surface area (Å²) in [7, 11) is 4.88. The molecule has 2 aromatic carbocycles. The third-order valence-electron chi connectivity index (χ3n) is 7.32. The number of pyridine rings is 1. The summed E-state index contributed by atoms with van der Waals surface area (Å²) in [5.41, 5.74) is 1.89. The maximum absolute atomic E-state index is 14.9. The number of nitrogens with one attached hydrogen (secondary N) is 2. The van der Waals surface area contributed by atoms with Crippen molar-refractivity contribution in [2.45, 2.75) is 18.9 Å². The minimum Gasteiger partial charge on any atom is -0.494 e. The number of fused-ring (bicyclic) bond motifs is 2. The van der Waals surface area contributed by atoms with Gasteiger partial charge in [0.15, 0.2) is 11.5 Å². The quantitative estimate of drug-likeness (QED) is 0.197. The molecule has 1 saturated heterocycles.